The summed E-state index contributed by atoms with van der Waals surface area (Å²) in [6, 6.07) is 18.0. The number of rotatable bonds is 5. The third-order valence-electron chi connectivity index (χ3n) is 6.31. The standard InChI is InChI=1S/C26H28N2O4/c1-2-30-25(29)24-22(18-28-14-12-26(13-15-28)31-16-17-32-26)27-21-11-7-6-10-20(21)23(24)19-8-4-3-5-9-19/h3-11H,2,12-18H2,1H3. The Labute approximate surface area is 188 Å². The highest BCUT2D eigenvalue weighted by molar-refractivity contribution is 6.07. The topological polar surface area (TPSA) is 60.9 Å². The highest BCUT2D eigenvalue weighted by Crippen LogP contribution is 2.36. The van der Waals surface area contributed by atoms with E-state index in [1.807, 2.05) is 61.5 Å². The van der Waals surface area contributed by atoms with Gasteiger partial charge in [-0.15, -0.1) is 0 Å². The van der Waals surface area contributed by atoms with Crippen molar-refractivity contribution >= 4 is 16.9 Å². The zero-order valence-electron chi connectivity index (χ0n) is 18.4. The van der Waals surface area contributed by atoms with Crippen LogP contribution in [0.4, 0.5) is 0 Å². The van der Waals surface area contributed by atoms with Crippen LogP contribution in [0.15, 0.2) is 54.6 Å². The van der Waals surface area contributed by atoms with E-state index in [9.17, 15) is 4.79 Å². The number of benzene rings is 2. The van der Waals surface area contributed by atoms with E-state index < -0.39 is 5.79 Å². The summed E-state index contributed by atoms with van der Waals surface area (Å²) in [4.78, 5) is 20.5. The van der Waals surface area contributed by atoms with Crippen LogP contribution in [0, 0.1) is 0 Å². The average molecular weight is 433 g/mol. The van der Waals surface area contributed by atoms with E-state index >= 15 is 0 Å². The first-order valence-electron chi connectivity index (χ1n) is 11.3. The summed E-state index contributed by atoms with van der Waals surface area (Å²) in [7, 11) is 0. The normalized spacial score (nSPS) is 18.3. The molecule has 1 spiro atoms. The number of piperidine rings is 1. The van der Waals surface area contributed by atoms with Gasteiger partial charge in [-0.1, -0.05) is 48.5 Å². The van der Waals surface area contributed by atoms with Gasteiger partial charge in [-0.3, -0.25) is 9.88 Å². The van der Waals surface area contributed by atoms with Gasteiger partial charge in [0.25, 0.3) is 0 Å². The number of carbonyl (C=O) groups is 1. The van der Waals surface area contributed by atoms with Gasteiger partial charge in [-0.05, 0) is 18.6 Å². The quantitative estimate of drug-likeness (QED) is 0.557. The molecule has 2 aromatic carbocycles. The molecule has 166 valence electrons. The van der Waals surface area contributed by atoms with Crippen LogP contribution in [-0.2, 0) is 20.8 Å². The minimum Gasteiger partial charge on any atom is -0.462 e. The fourth-order valence-corrected chi connectivity index (χ4v) is 4.75. The number of aromatic nitrogens is 1. The van der Waals surface area contributed by atoms with Crippen molar-refractivity contribution in [3.63, 3.8) is 0 Å². The molecule has 5 rings (SSSR count). The van der Waals surface area contributed by atoms with E-state index in [0.29, 0.717) is 31.9 Å². The average Bonchev–Trinajstić information content (AvgIpc) is 3.28. The van der Waals surface area contributed by atoms with Gasteiger partial charge in [0.05, 0.1) is 36.6 Å². The number of pyridine rings is 1. The maximum absolute atomic E-state index is 13.2. The zero-order chi connectivity index (χ0) is 22.0. The summed E-state index contributed by atoms with van der Waals surface area (Å²) in [6.45, 7) is 5.73. The minimum atomic E-state index is -0.424. The van der Waals surface area contributed by atoms with Crippen molar-refractivity contribution < 1.29 is 19.0 Å². The molecule has 3 aromatic rings. The van der Waals surface area contributed by atoms with Gasteiger partial charge in [-0.25, -0.2) is 4.79 Å². The Morgan fingerprint density at radius 3 is 2.44 bits per heavy atom. The number of ether oxygens (including phenoxy) is 3. The molecule has 2 saturated heterocycles. The zero-order valence-corrected chi connectivity index (χ0v) is 18.4. The van der Waals surface area contributed by atoms with Crippen LogP contribution >= 0.6 is 0 Å². The molecule has 0 amide bonds. The van der Waals surface area contributed by atoms with Gasteiger partial charge in [0.15, 0.2) is 5.79 Å². The lowest BCUT2D eigenvalue weighted by atomic mass is 9.93. The minimum absolute atomic E-state index is 0.320. The molecule has 0 atom stereocenters. The Bertz CT molecular complexity index is 1100. The van der Waals surface area contributed by atoms with E-state index in [1.165, 1.54) is 0 Å². The number of esters is 1. The van der Waals surface area contributed by atoms with Gasteiger partial charge in [-0.2, -0.15) is 0 Å². The van der Waals surface area contributed by atoms with Crippen LogP contribution in [0.2, 0.25) is 0 Å². The summed E-state index contributed by atoms with van der Waals surface area (Å²) in [5.74, 6) is -0.748. The van der Waals surface area contributed by atoms with E-state index in [0.717, 1.165) is 53.7 Å². The highest BCUT2D eigenvalue weighted by Gasteiger charge is 2.40. The van der Waals surface area contributed by atoms with Crippen LogP contribution in [0.1, 0.15) is 35.8 Å². The predicted molar refractivity (Wildman–Crippen MR) is 122 cm³/mol. The maximum Gasteiger partial charge on any atom is 0.340 e. The predicted octanol–water partition coefficient (Wildman–Crippen LogP) is 4.42. The molecule has 2 aliphatic heterocycles. The van der Waals surface area contributed by atoms with Gasteiger partial charge in [0, 0.05) is 43.4 Å². The van der Waals surface area contributed by atoms with Crippen molar-refractivity contribution in [3.8, 4) is 11.1 Å². The molecule has 0 unspecified atom stereocenters. The Morgan fingerprint density at radius 1 is 1.03 bits per heavy atom. The van der Waals surface area contributed by atoms with E-state index in [4.69, 9.17) is 19.2 Å². The van der Waals surface area contributed by atoms with E-state index in [-0.39, 0.29) is 5.97 Å². The van der Waals surface area contributed by atoms with E-state index in [2.05, 4.69) is 4.90 Å². The lowest BCUT2D eigenvalue weighted by Gasteiger charge is -2.37. The Balaban J connectivity index is 1.57. The smallest absolute Gasteiger partial charge is 0.340 e. The third-order valence-corrected chi connectivity index (χ3v) is 6.31. The molecule has 0 bridgehead atoms. The number of hydrogen-bond acceptors (Lipinski definition) is 6. The highest BCUT2D eigenvalue weighted by atomic mass is 16.7. The molecular formula is C26H28N2O4. The van der Waals surface area contributed by atoms with Crippen LogP contribution in [0.5, 0.6) is 0 Å². The van der Waals surface area contributed by atoms with Gasteiger partial charge >= 0.3 is 5.97 Å². The van der Waals surface area contributed by atoms with Crippen molar-refractivity contribution in [1.82, 2.24) is 9.88 Å². The number of nitrogens with zero attached hydrogens (tertiary/aromatic N) is 2. The molecule has 0 aliphatic carbocycles. The Morgan fingerprint density at radius 2 is 1.72 bits per heavy atom. The SMILES string of the molecule is CCOC(=O)c1c(CN2CCC3(CC2)OCCO3)nc2ccccc2c1-c1ccccc1. The first-order valence-corrected chi connectivity index (χ1v) is 11.3. The van der Waals surface area contributed by atoms with Gasteiger partial charge in [0.2, 0.25) is 0 Å². The lowest BCUT2D eigenvalue weighted by molar-refractivity contribution is -0.185. The molecule has 0 radical (unpaired) electrons. The lowest BCUT2D eigenvalue weighted by Crippen LogP contribution is -2.45. The molecule has 32 heavy (non-hydrogen) atoms. The van der Waals surface area contributed by atoms with Crippen LogP contribution < -0.4 is 0 Å². The van der Waals surface area contributed by atoms with Crippen molar-refractivity contribution in [3.05, 3.63) is 65.9 Å². The molecule has 2 aliphatic rings. The maximum atomic E-state index is 13.2. The fourth-order valence-electron chi connectivity index (χ4n) is 4.75. The van der Waals surface area contributed by atoms with Gasteiger partial charge in [0.1, 0.15) is 0 Å². The molecule has 0 N–H and O–H groups in total. The summed E-state index contributed by atoms with van der Waals surface area (Å²) in [5, 5.41) is 0.954. The number of para-hydroxylation sites is 1. The fraction of sp³-hybridized carbons (Fsp3) is 0.385. The first kappa shape index (κ1) is 21.1. The van der Waals surface area contributed by atoms with Crippen LogP contribution in [-0.4, -0.2) is 54.6 Å². The second-order valence-corrected chi connectivity index (χ2v) is 8.30. The molecule has 0 saturated carbocycles. The van der Waals surface area contributed by atoms with E-state index in [1.54, 1.807) is 0 Å². The van der Waals surface area contributed by atoms with Gasteiger partial charge < -0.3 is 14.2 Å². The number of fused-ring (bicyclic) bond motifs is 1. The Hall–Kier alpha value is -2.80. The van der Waals surface area contributed by atoms with Crippen molar-refractivity contribution in [2.75, 3.05) is 32.9 Å². The summed E-state index contributed by atoms with van der Waals surface area (Å²) in [5.41, 5.74) is 4.07. The number of hydrogen-bond donors (Lipinski definition) is 0. The largest absolute Gasteiger partial charge is 0.462 e. The first-order chi connectivity index (χ1) is 15.7. The molecule has 2 fully saturated rings. The molecule has 3 heterocycles. The van der Waals surface area contributed by atoms with Crippen LogP contribution in [0.25, 0.3) is 22.0 Å². The summed E-state index contributed by atoms with van der Waals surface area (Å²) < 4.78 is 17.2. The molecule has 6 heteroatoms. The Kier molecular flexibility index (Phi) is 5.91. The summed E-state index contributed by atoms with van der Waals surface area (Å²) >= 11 is 0. The van der Waals surface area contributed by atoms with Crippen molar-refractivity contribution in [2.45, 2.75) is 32.1 Å². The molecular weight excluding hydrogens is 404 g/mol. The second-order valence-electron chi connectivity index (χ2n) is 8.30. The van der Waals surface area contributed by atoms with Crippen molar-refractivity contribution in [2.24, 2.45) is 0 Å². The number of likely N-dealkylation sites (tertiary alicyclic amines) is 1. The monoisotopic (exact) mass is 432 g/mol. The second kappa shape index (κ2) is 8.98. The molecule has 1 aromatic heterocycles. The molecule has 6 nitrogen and oxygen atoms in total. The van der Waals surface area contributed by atoms with Crippen molar-refractivity contribution in [1.29, 1.82) is 0 Å². The third kappa shape index (κ3) is 4.01. The van der Waals surface area contributed by atoms with Crippen LogP contribution in [0.3, 0.4) is 0 Å². The number of carbonyl (C=O) groups excluding carboxylic acids is 1. The summed E-state index contributed by atoms with van der Waals surface area (Å²) in [6.07, 6.45) is 1.64.